The molecule has 2 amide bonds. The van der Waals surface area contributed by atoms with Crippen molar-refractivity contribution in [2.24, 2.45) is 5.92 Å². The zero-order valence-electron chi connectivity index (χ0n) is 11.2. The number of hydrogen-bond acceptors (Lipinski definition) is 2. The molecular weight excluding hydrogens is 228 g/mol. The topological polar surface area (TPSA) is 49.4 Å². The van der Waals surface area contributed by atoms with E-state index in [1.165, 1.54) is 0 Å². The van der Waals surface area contributed by atoms with Gasteiger partial charge in [-0.05, 0) is 18.8 Å². The lowest BCUT2D eigenvalue weighted by molar-refractivity contribution is -0.145. The van der Waals surface area contributed by atoms with Crippen molar-refractivity contribution < 1.29 is 9.59 Å². The summed E-state index contributed by atoms with van der Waals surface area (Å²) in [5, 5.41) is 2.79. The number of amides is 2. The highest BCUT2D eigenvalue weighted by atomic mass is 16.2. The molecule has 2 unspecified atom stereocenters. The molecule has 0 spiro atoms. The van der Waals surface area contributed by atoms with Gasteiger partial charge in [0.25, 0.3) is 0 Å². The maximum Gasteiger partial charge on any atom is 0.245 e. The van der Waals surface area contributed by atoms with E-state index in [2.05, 4.69) is 11.2 Å². The Labute approximate surface area is 109 Å². The summed E-state index contributed by atoms with van der Waals surface area (Å²) in [6.45, 7) is 4.82. The summed E-state index contributed by atoms with van der Waals surface area (Å²) in [6, 6.07) is -0.358. The van der Waals surface area contributed by atoms with E-state index >= 15 is 0 Å². The van der Waals surface area contributed by atoms with E-state index in [-0.39, 0.29) is 30.3 Å². The smallest absolute Gasteiger partial charge is 0.245 e. The molecule has 4 heteroatoms. The molecule has 1 rings (SSSR count). The van der Waals surface area contributed by atoms with Crippen LogP contribution in [-0.4, -0.2) is 35.8 Å². The van der Waals surface area contributed by atoms with Gasteiger partial charge in [-0.2, -0.15) is 0 Å². The lowest BCUT2D eigenvalue weighted by Gasteiger charge is -2.35. The van der Waals surface area contributed by atoms with Gasteiger partial charge >= 0.3 is 0 Å². The number of nitrogens with one attached hydrogen (secondary N) is 1. The van der Waals surface area contributed by atoms with Gasteiger partial charge in [0.05, 0.1) is 6.54 Å². The van der Waals surface area contributed by atoms with E-state index in [9.17, 15) is 9.59 Å². The molecule has 4 nitrogen and oxygen atoms in total. The van der Waals surface area contributed by atoms with Gasteiger partial charge in [0.1, 0.15) is 6.04 Å². The lowest BCUT2D eigenvalue weighted by Crippen LogP contribution is -2.60. The summed E-state index contributed by atoms with van der Waals surface area (Å²) >= 11 is 0. The van der Waals surface area contributed by atoms with Gasteiger partial charge < -0.3 is 10.2 Å². The molecule has 1 heterocycles. The number of unbranched alkanes of at least 4 members (excludes halogenated alkanes) is 2. The second kappa shape index (κ2) is 7.05. The first-order chi connectivity index (χ1) is 8.60. The average molecular weight is 250 g/mol. The lowest BCUT2D eigenvalue weighted by atomic mass is 9.96. The summed E-state index contributed by atoms with van der Waals surface area (Å²) in [7, 11) is 0. The monoisotopic (exact) mass is 250 g/mol. The van der Waals surface area contributed by atoms with E-state index < -0.39 is 0 Å². The average Bonchev–Trinajstić information content (AvgIpc) is 2.37. The van der Waals surface area contributed by atoms with Gasteiger partial charge in [-0.1, -0.05) is 20.3 Å². The molecule has 0 saturated carbocycles. The highest BCUT2D eigenvalue weighted by Gasteiger charge is 2.34. The summed E-state index contributed by atoms with van der Waals surface area (Å²) in [6.07, 6.45) is 8.54. The molecule has 1 N–H and O–H groups in total. The van der Waals surface area contributed by atoms with Crippen molar-refractivity contribution >= 4 is 11.8 Å². The van der Waals surface area contributed by atoms with Crippen LogP contribution in [0.5, 0.6) is 0 Å². The van der Waals surface area contributed by atoms with Crippen molar-refractivity contribution in [2.75, 3.05) is 13.1 Å². The first-order valence-electron chi connectivity index (χ1n) is 6.61. The Bertz CT molecular complexity index is 346. The Kier molecular flexibility index (Phi) is 5.70. The number of carbonyl (C=O) groups is 2. The molecular formula is C14H22N2O2. The van der Waals surface area contributed by atoms with Crippen LogP contribution < -0.4 is 5.32 Å². The predicted molar refractivity (Wildman–Crippen MR) is 70.6 cm³/mol. The molecule has 1 aliphatic heterocycles. The fraction of sp³-hybridized carbons (Fsp3) is 0.714. The fourth-order valence-electron chi connectivity index (χ4n) is 2.07. The van der Waals surface area contributed by atoms with Crippen molar-refractivity contribution in [3.63, 3.8) is 0 Å². The van der Waals surface area contributed by atoms with Gasteiger partial charge in [0.2, 0.25) is 11.8 Å². The molecule has 0 aromatic heterocycles. The summed E-state index contributed by atoms with van der Waals surface area (Å²) in [5.41, 5.74) is 0. The van der Waals surface area contributed by atoms with Gasteiger partial charge in [-0.15, -0.1) is 12.3 Å². The molecule has 0 bridgehead atoms. The second-order valence-corrected chi connectivity index (χ2v) is 4.85. The van der Waals surface area contributed by atoms with Gasteiger partial charge in [-0.25, -0.2) is 0 Å². The minimum absolute atomic E-state index is 0.0460. The second-order valence-electron chi connectivity index (χ2n) is 4.85. The van der Waals surface area contributed by atoms with E-state index in [0.29, 0.717) is 6.54 Å². The van der Waals surface area contributed by atoms with E-state index in [4.69, 9.17) is 6.42 Å². The third kappa shape index (κ3) is 3.76. The van der Waals surface area contributed by atoms with Crippen LogP contribution in [0.2, 0.25) is 0 Å². The molecule has 0 radical (unpaired) electrons. The largest absolute Gasteiger partial charge is 0.342 e. The molecule has 100 valence electrons. The van der Waals surface area contributed by atoms with Crippen LogP contribution >= 0.6 is 0 Å². The molecule has 1 saturated heterocycles. The molecule has 0 aromatic rings. The van der Waals surface area contributed by atoms with Gasteiger partial charge in [0, 0.05) is 13.0 Å². The Morgan fingerprint density at radius 2 is 2.22 bits per heavy atom. The predicted octanol–water partition coefficient (Wildman–Crippen LogP) is 1.16. The van der Waals surface area contributed by atoms with Crippen LogP contribution in [0.25, 0.3) is 0 Å². The number of hydrogen-bond donors (Lipinski definition) is 1. The van der Waals surface area contributed by atoms with Crippen molar-refractivity contribution in [3.8, 4) is 12.3 Å². The number of rotatable bonds is 6. The Morgan fingerprint density at radius 3 is 2.83 bits per heavy atom. The minimum Gasteiger partial charge on any atom is -0.342 e. The number of carbonyl (C=O) groups excluding carboxylic acids is 2. The number of piperazine rings is 1. The quantitative estimate of drug-likeness (QED) is 0.568. The minimum atomic E-state index is -0.358. The van der Waals surface area contributed by atoms with Crippen LogP contribution in [0.3, 0.4) is 0 Å². The van der Waals surface area contributed by atoms with Crippen LogP contribution in [0.4, 0.5) is 0 Å². The molecule has 1 aliphatic rings. The van der Waals surface area contributed by atoms with Crippen LogP contribution in [0.1, 0.15) is 39.5 Å². The number of terminal acetylenes is 1. The normalized spacial score (nSPS) is 21.4. The third-order valence-corrected chi connectivity index (χ3v) is 3.44. The van der Waals surface area contributed by atoms with Crippen LogP contribution in [-0.2, 0) is 9.59 Å². The molecule has 18 heavy (non-hydrogen) atoms. The first kappa shape index (κ1) is 14.6. The molecule has 2 atom stereocenters. The summed E-state index contributed by atoms with van der Waals surface area (Å²) in [4.78, 5) is 25.5. The van der Waals surface area contributed by atoms with Gasteiger partial charge in [0.15, 0.2) is 0 Å². The number of nitrogens with zero attached hydrogens (tertiary/aromatic N) is 1. The SMILES string of the molecule is C#CCCCCN1CC(=O)NC(C(C)CC)C1=O. The molecule has 0 aliphatic carbocycles. The van der Waals surface area contributed by atoms with E-state index in [1.54, 1.807) is 4.90 Å². The molecule has 1 fully saturated rings. The highest BCUT2D eigenvalue weighted by molar-refractivity contribution is 5.94. The maximum absolute atomic E-state index is 12.2. The van der Waals surface area contributed by atoms with Crippen molar-refractivity contribution in [1.29, 1.82) is 0 Å². The van der Waals surface area contributed by atoms with Crippen molar-refractivity contribution in [2.45, 2.75) is 45.6 Å². The third-order valence-electron chi connectivity index (χ3n) is 3.44. The summed E-state index contributed by atoms with van der Waals surface area (Å²) in [5.74, 6) is 2.74. The van der Waals surface area contributed by atoms with Crippen molar-refractivity contribution in [1.82, 2.24) is 10.2 Å². The molecule has 0 aromatic carbocycles. The van der Waals surface area contributed by atoms with E-state index in [0.717, 1.165) is 25.7 Å². The first-order valence-corrected chi connectivity index (χ1v) is 6.61. The Hall–Kier alpha value is -1.50. The summed E-state index contributed by atoms with van der Waals surface area (Å²) < 4.78 is 0. The van der Waals surface area contributed by atoms with Crippen LogP contribution in [0, 0.1) is 18.3 Å². The Balaban J connectivity index is 2.54. The maximum atomic E-state index is 12.2. The zero-order chi connectivity index (χ0) is 13.5. The van der Waals surface area contributed by atoms with Gasteiger partial charge in [-0.3, -0.25) is 9.59 Å². The standard InChI is InChI=1S/C14H22N2O2/c1-4-6-7-8-9-16-10-12(17)15-13(14(16)18)11(3)5-2/h1,11,13H,5-10H2,2-3H3,(H,15,17). The fourth-order valence-corrected chi connectivity index (χ4v) is 2.07. The highest BCUT2D eigenvalue weighted by Crippen LogP contribution is 2.14. The Morgan fingerprint density at radius 1 is 1.50 bits per heavy atom. The van der Waals surface area contributed by atoms with Crippen LogP contribution in [0.15, 0.2) is 0 Å². The zero-order valence-corrected chi connectivity index (χ0v) is 11.2. The van der Waals surface area contributed by atoms with Crippen molar-refractivity contribution in [3.05, 3.63) is 0 Å². The van der Waals surface area contributed by atoms with E-state index in [1.807, 2.05) is 13.8 Å².